The molecule has 0 unspecified atom stereocenters. The van der Waals surface area contributed by atoms with Gasteiger partial charge in [-0.05, 0) is 41.5 Å². The van der Waals surface area contributed by atoms with Crippen LogP contribution in [0.2, 0.25) is 5.02 Å². The highest BCUT2D eigenvalue weighted by atomic mass is 35.5. The lowest BCUT2D eigenvalue weighted by Crippen LogP contribution is -1.98. The normalized spacial score (nSPS) is 10.7. The molecule has 0 aliphatic carbocycles. The molecule has 3 rings (SSSR count). The van der Waals surface area contributed by atoms with E-state index in [4.69, 9.17) is 25.9 Å². The van der Waals surface area contributed by atoms with Gasteiger partial charge in [-0.1, -0.05) is 41.0 Å². The second-order valence-corrected chi connectivity index (χ2v) is 6.70. The zero-order chi connectivity index (χ0) is 21.3. The second kappa shape index (κ2) is 10.3. The largest absolute Gasteiger partial charge is 0.493 e. The first-order valence-corrected chi connectivity index (χ1v) is 9.37. The van der Waals surface area contributed by atoms with Gasteiger partial charge in [-0.25, -0.2) is 0 Å². The first kappa shape index (κ1) is 21.1. The summed E-state index contributed by atoms with van der Waals surface area (Å²) in [7, 11) is 1.56. The summed E-state index contributed by atoms with van der Waals surface area (Å²) in [5.74, 6) is 1.16. The molecule has 0 spiro atoms. The molecule has 0 aliphatic rings. The number of rotatable bonds is 9. The molecule has 0 radical (unpaired) electrons. The first-order chi connectivity index (χ1) is 14.5. The van der Waals surface area contributed by atoms with Gasteiger partial charge in [0.05, 0.1) is 18.2 Å². The van der Waals surface area contributed by atoms with Crippen LogP contribution in [-0.4, -0.2) is 18.2 Å². The summed E-state index contributed by atoms with van der Waals surface area (Å²) in [6.45, 7) is 0.505. The van der Waals surface area contributed by atoms with E-state index < -0.39 is 4.92 Å². The molecule has 0 amide bonds. The standard InChI is InChI=1S/C22H19ClN2O5/c1-28-22-12-17(7-10-21(22)29-14-16-5-8-19(23)9-6-16)13-24-30-15-18-3-2-4-20(11-18)25(26)27/h2-13H,14-15H2,1H3/b24-13-. The fourth-order valence-electron chi connectivity index (χ4n) is 2.60. The number of benzene rings is 3. The monoisotopic (exact) mass is 426 g/mol. The number of nitrogens with zero attached hydrogens (tertiary/aromatic N) is 2. The van der Waals surface area contributed by atoms with Crippen molar-refractivity contribution in [1.29, 1.82) is 0 Å². The van der Waals surface area contributed by atoms with E-state index in [2.05, 4.69) is 5.16 Å². The predicted molar refractivity (Wildman–Crippen MR) is 114 cm³/mol. The molecule has 0 heterocycles. The molecular formula is C22H19ClN2O5. The average molecular weight is 427 g/mol. The summed E-state index contributed by atoms with van der Waals surface area (Å²) in [6.07, 6.45) is 1.53. The molecule has 0 atom stereocenters. The fourth-order valence-corrected chi connectivity index (χ4v) is 2.72. The van der Waals surface area contributed by atoms with Crippen molar-refractivity contribution < 1.29 is 19.2 Å². The van der Waals surface area contributed by atoms with Crippen molar-refractivity contribution >= 4 is 23.5 Å². The van der Waals surface area contributed by atoms with Crippen molar-refractivity contribution in [2.75, 3.05) is 7.11 Å². The molecule has 0 saturated carbocycles. The van der Waals surface area contributed by atoms with Gasteiger partial charge in [0.2, 0.25) is 0 Å². The minimum atomic E-state index is -0.449. The van der Waals surface area contributed by atoms with Crippen LogP contribution in [0, 0.1) is 10.1 Å². The molecular weight excluding hydrogens is 408 g/mol. The van der Waals surface area contributed by atoms with E-state index in [1.807, 2.05) is 30.3 Å². The summed E-state index contributed by atoms with van der Waals surface area (Å²) in [5.41, 5.74) is 2.41. The number of nitro benzene ring substituents is 1. The van der Waals surface area contributed by atoms with Crippen molar-refractivity contribution in [3.05, 3.63) is 98.6 Å². The van der Waals surface area contributed by atoms with Gasteiger partial charge < -0.3 is 14.3 Å². The van der Waals surface area contributed by atoms with E-state index >= 15 is 0 Å². The number of ether oxygens (including phenoxy) is 2. The number of halogens is 1. The lowest BCUT2D eigenvalue weighted by atomic mass is 10.2. The predicted octanol–water partition coefficient (Wildman–Crippen LogP) is 5.39. The van der Waals surface area contributed by atoms with Crippen LogP contribution in [-0.2, 0) is 18.1 Å². The Balaban J connectivity index is 1.58. The van der Waals surface area contributed by atoms with Gasteiger partial charge in [-0.3, -0.25) is 10.1 Å². The van der Waals surface area contributed by atoms with Gasteiger partial charge in [-0.15, -0.1) is 0 Å². The van der Waals surface area contributed by atoms with Crippen molar-refractivity contribution in [3.8, 4) is 11.5 Å². The Labute approximate surface area is 178 Å². The lowest BCUT2D eigenvalue weighted by molar-refractivity contribution is -0.384. The van der Waals surface area contributed by atoms with Gasteiger partial charge in [-0.2, -0.15) is 0 Å². The summed E-state index contributed by atoms with van der Waals surface area (Å²) >= 11 is 5.89. The number of methoxy groups -OCH3 is 1. The van der Waals surface area contributed by atoms with E-state index in [0.29, 0.717) is 28.7 Å². The number of hydrogen-bond acceptors (Lipinski definition) is 6. The maximum Gasteiger partial charge on any atom is 0.269 e. The molecule has 0 aromatic heterocycles. The third kappa shape index (κ3) is 5.96. The van der Waals surface area contributed by atoms with E-state index in [-0.39, 0.29) is 12.3 Å². The molecule has 0 N–H and O–H groups in total. The smallest absolute Gasteiger partial charge is 0.269 e. The van der Waals surface area contributed by atoms with E-state index in [1.54, 1.807) is 31.4 Å². The minimum absolute atomic E-state index is 0.0130. The Morgan fingerprint density at radius 1 is 1.00 bits per heavy atom. The third-order valence-corrected chi connectivity index (χ3v) is 4.38. The molecule has 30 heavy (non-hydrogen) atoms. The average Bonchev–Trinajstić information content (AvgIpc) is 2.77. The van der Waals surface area contributed by atoms with Gasteiger partial charge in [0, 0.05) is 22.7 Å². The summed E-state index contributed by atoms with van der Waals surface area (Å²) in [4.78, 5) is 15.6. The maximum absolute atomic E-state index is 10.8. The van der Waals surface area contributed by atoms with Crippen molar-refractivity contribution in [3.63, 3.8) is 0 Å². The van der Waals surface area contributed by atoms with Crippen LogP contribution in [0.1, 0.15) is 16.7 Å². The molecule has 0 saturated heterocycles. The fraction of sp³-hybridized carbons (Fsp3) is 0.136. The second-order valence-electron chi connectivity index (χ2n) is 6.26. The van der Waals surface area contributed by atoms with E-state index in [1.165, 1.54) is 18.3 Å². The van der Waals surface area contributed by atoms with Gasteiger partial charge in [0.15, 0.2) is 11.5 Å². The topological polar surface area (TPSA) is 83.2 Å². The van der Waals surface area contributed by atoms with Crippen LogP contribution in [0.5, 0.6) is 11.5 Å². The van der Waals surface area contributed by atoms with Crippen LogP contribution >= 0.6 is 11.6 Å². The van der Waals surface area contributed by atoms with Crippen LogP contribution < -0.4 is 9.47 Å². The highest BCUT2D eigenvalue weighted by Gasteiger charge is 2.07. The number of hydrogen-bond donors (Lipinski definition) is 0. The lowest BCUT2D eigenvalue weighted by Gasteiger charge is -2.11. The highest BCUT2D eigenvalue weighted by molar-refractivity contribution is 6.30. The highest BCUT2D eigenvalue weighted by Crippen LogP contribution is 2.28. The maximum atomic E-state index is 10.8. The SMILES string of the molecule is COc1cc(/C=N\OCc2cccc([N+](=O)[O-])c2)ccc1OCc1ccc(Cl)cc1. The number of nitro groups is 1. The van der Waals surface area contributed by atoms with E-state index in [0.717, 1.165) is 11.1 Å². The molecule has 3 aromatic carbocycles. The first-order valence-electron chi connectivity index (χ1n) is 8.99. The van der Waals surface area contributed by atoms with Gasteiger partial charge in [0.1, 0.15) is 13.2 Å². The molecule has 154 valence electrons. The van der Waals surface area contributed by atoms with Gasteiger partial charge in [0.25, 0.3) is 5.69 Å². The Bertz CT molecular complexity index is 1040. The third-order valence-electron chi connectivity index (χ3n) is 4.12. The van der Waals surface area contributed by atoms with Crippen molar-refractivity contribution in [1.82, 2.24) is 0 Å². The molecule has 0 fully saturated rings. The molecule has 0 bridgehead atoms. The number of oxime groups is 1. The quantitative estimate of drug-likeness (QED) is 0.260. The summed E-state index contributed by atoms with van der Waals surface area (Å²) in [5, 5.41) is 15.4. The van der Waals surface area contributed by atoms with Crippen LogP contribution in [0.25, 0.3) is 0 Å². The Morgan fingerprint density at radius 3 is 2.53 bits per heavy atom. The van der Waals surface area contributed by atoms with Crippen molar-refractivity contribution in [2.24, 2.45) is 5.16 Å². The minimum Gasteiger partial charge on any atom is -0.493 e. The molecule has 0 aliphatic heterocycles. The summed E-state index contributed by atoms with van der Waals surface area (Å²) in [6, 6.07) is 19.0. The van der Waals surface area contributed by atoms with Crippen LogP contribution in [0.4, 0.5) is 5.69 Å². The zero-order valence-electron chi connectivity index (χ0n) is 16.2. The Kier molecular flexibility index (Phi) is 7.24. The Morgan fingerprint density at radius 2 is 1.80 bits per heavy atom. The van der Waals surface area contributed by atoms with Gasteiger partial charge >= 0.3 is 0 Å². The number of non-ortho nitro benzene ring substituents is 1. The summed E-state index contributed by atoms with van der Waals surface area (Å²) < 4.78 is 11.2. The molecule has 3 aromatic rings. The molecule has 7 nitrogen and oxygen atoms in total. The van der Waals surface area contributed by atoms with Crippen LogP contribution in [0.15, 0.2) is 71.9 Å². The van der Waals surface area contributed by atoms with Crippen molar-refractivity contribution in [2.45, 2.75) is 13.2 Å². The Hall–Kier alpha value is -3.58. The van der Waals surface area contributed by atoms with E-state index in [9.17, 15) is 10.1 Å². The molecule has 8 heteroatoms. The zero-order valence-corrected chi connectivity index (χ0v) is 16.9. The van der Waals surface area contributed by atoms with Crippen LogP contribution in [0.3, 0.4) is 0 Å².